The number of nitrogens with zero attached hydrogens (tertiary/aromatic N) is 3. The number of hydrogen-bond donors (Lipinski definition) is 1. The lowest BCUT2D eigenvalue weighted by Gasteiger charge is -2.29. The molecule has 0 aliphatic carbocycles. The van der Waals surface area contributed by atoms with Crippen LogP contribution in [0, 0.1) is 6.92 Å². The van der Waals surface area contributed by atoms with Gasteiger partial charge in [-0.25, -0.2) is 8.78 Å². The number of aromatic nitrogens is 2. The van der Waals surface area contributed by atoms with Crippen molar-refractivity contribution in [1.82, 2.24) is 20.0 Å². The maximum atomic E-state index is 12.8. The van der Waals surface area contributed by atoms with Gasteiger partial charge in [0, 0.05) is 25.7 Å². The third-order valence-corrected chi connectivity index (χ3v) is 4.17. The number of rotatable bonds is 6. The molecule has 1 aliphatic rings. The second-order valence-electron chi connectivity index (χ2n) is 5.62. The smallest absolute Gasteiger partial charge is 0.283 e. The Morgan fingerprint density at radius 3 is 2.65 bits per heavy atom. The molecule has 2 heterocycles. The van der Waals surface area contributed by atoms with Crippen molar-refractivity contribution in [3.63, 3.8) is 0 Å². The molecule has 9 heteroatoms. The van der Waals surface area contributed by atoms with Crippen LogP contribution in [0.4, 0.5) is 8.78 Å². The monoisotopic (exact) mass is 350 g/mol. The van der Waals surface area contributed by atoms with Crippen LogP contribution in [0.1, 0.15) is 24.7 Å². The third-order valence-electron chi connectivity index (χ3n) is 3.70. The molecule has 0 radical (unpaired) electrons. The lowest BCUT2D eigenvalue weighted by atomic mass is 10.3. The Morgan fingerprint density at radius 2 is 2.09 bits per heavy atom. The minimum absolute atomic E-state index is 0.0542. The van der Waals surface area contributed by atoms with Gasteiger partial charge in [0.2, 0.25) is 5.91 Å². The highest BCUT2D eigenvalue weighted by Gasteiger charge is 2.22. The Balaban J connectivity index is 1.87. The largest absolute Gasteiger partial charge is 0.379 e. The lowest BCUT2D eigenvalue weighted by molar-refractivity contribution is -0.122. The molecule has 0 spiro atoms. The topological polar surface area (TPSA) is 59.4 Å². The van der Waals surface area contributed by atoms with E-state index in [-0.39, 0.29) is 23.5 Å². The minimum atomic E-state index is -2.76. The summed E-state index contributed by atoms with van der Waals surface area (Å²) in [5.74, 6) is -0.283. The van der Waals surface area contributed by atoms with Gasteiger partial charge in [-0.05, 0) is 13.8 Å². The number of hydrogen-bond acceptors (Lipinski definition) is 4. The first kappa shape index (κ1) is 18.1. The quantitative estimate of drug-likeness (QED) is 0.847. The fraction of sp³-hybridized carbons (Fsp3) is 0.714. The molecule has 23 heavy (non-hydrogen) atoms. The van der Waals surface area contributed by atoms with Crippen molar-refractivity contribution < 1.29 is 18.3 Å². The summed E-state index contributed by atoms with van der Waals surface area (Å²) in [7, 11) is 0. The van der Waals surface area contributed by atoms with E-state index >= 15 is 0 Å². The van der Waals surface area contributed by atoms with E-state index in [0.717, 1.165) is 19.6 Å². The second kappa shape index (κ2) is 8.03. The molecule has 0 aromatic carbocycles. The van der Waals surface area contributed by atoms with Gasteiger partial charge >= 0.3 is 0 Å². The van der Waals surface area contributed by atoms with E-state index in [9.17, 15) is 13.6 Å². The summed E-state index contributed by atoms with van der Waals surface area (Å²) in [6.07, 6.45) is -2.76. The maximum absolute atomic E-state index is 12.8. The van der Waals surface area contributed by atoms with Crippen LogP contribution in [0.15, 0.2) is 0 Å². The maximum Gasteiger partial charge on any atom is 0.283 e. The van der Waals surface area contributed by atoms with Crippen molar-refractivity contribution in [2.24, 2.45) is 0 Å². The van der Waals surface area contributed by atoms with Crippen LogP contribution in [0.25, 0.3) is 0 Å². The molecule has 130 valence electrons. The Bertz CT molecular complexity index is 547. The van der Waals surface area contributed by atoms with Gasteiger partial charge in [-0.1, -0.05) is 11.6 Å². The first-order chi connectivity index (χ1) is 10.9. The molecule has 1 amide bonds. The Morgan fingerprint density at radius 1 is 1.43 bits per heavy atom. The van der Waals surface area contributed by atoms with Crippen molar-refractivity contribution in [1.29, 1.82) is 0 Å². The molecule has 0 unspecified atom stereocenters. The van der Waals surface area contributed by atoms with Crippen LogP contribution in [-0.4, -0.2) is 59.5 Å². The van der Waals surface area contributed by atoms with Crippen molar-refractivity contribution in [3.05, 3.63) is 16.4 Å². The van der Waals surface area contributed by atoms with E-state index in [1.165, 1.54) is 4.68 Å². The summed E-state index contributed by atoms with van der Waals surface area (Å²) in [5.41, 5.74) is -0.128. The van der Waals surface area contributed by atoms with Crippen LogP contribution in [-0.2, 0) is 16.1 Å². The van der Waals surface area contributed by atoms with E-state index in [1.54, 1.807) is 6.92 Å². The average Bonchev–Trinajstić information content (AvgIpc) is 2.76. The molecule has 1 aromatic heterocycles. The number of amides is 1. The van der Waals surface area contributed by atoms with Gasteiger partial charge in [-0.2, -0.15) is 5.10 Å². The number of carbonyl (C=O) groups excluding carboxylic acids is 1. The Labute approximate surface area is 138 Å². The van der Waals surface area contributed by atoms with E-state index in [1.807, 2.05) is 6.92 Å². The van der Waals surface area contributed by atoms with E-state index < -0.39 is 12.1 Å². The van der Waals surface area contributed by atoms with Gasteiger partial charge in [0.1, 0.15) is 12.2 Å². The predicted molar refractivity (Wildman–Crippen MR) is 81.8 cm³/mol. The Hall–Kier alpha value is -1.25. The van der Waals surface area contributed by atoms with Crippen molar-refractivity contribution in [2.75, 3.05) is 32.8 Å². The third kappa shape index (κ3) is 4.86. The number of nitrogens with one attached hydrogen (secondary N) is 1. The molecule has 1 aromatic rings. The van der Waals surface area contributed by atoms with Crippen LogP contribution in [0.3, 0.4) is 0 Å². The summed E-state index contributed by atoms with van der Waals surface area (Å²) in [5, 5.41) is 6.48. The zero-order valence-corrected chi connectivity index (χ0v) is 13.9. The number of alkyl halides is 2. The molecule has 0 bridgehead atoms. The zero-order chi connectivity index (χ0) is 17.0. The molecule has 1 aliphatic heterocycles. The van der Waals surface area contributed by atoms with Gasteiger partial charge in [0.15, 0.2) is 0 Å². The molecular weight excluding hydrogens is 330 g/mol. The highest BCUT2D eigenvalue weighted by atomic mass is 35.5. The predicted octanol–water partition coefficient (Wildman–Crippen LogP) is 1.62. The zero-order valence-electron chi connectivity index (χ0n) is 13.2. The number of ether oxygens (including phenoxy) is 1. The Kier molecular flexibility index (Phi) is 6.32. The lowest BCUT2D eigenvalue weighted by Crippen LogP contribution is -2.46. The standard InChI is InChI=1S/C14H21ClF2N4O2/c1-9(7-20-3-5-23-6-4-20)18-11(22)8-21-10(2)12(15)13(19-21)14(16)17/h9,14H,3-8H2,1-2H3,(H,18,22)/t9-/m0/s1. The minimum Gasteiger partial charge on any atom is -0.379 e. The molecular formula is C14H21ClF2N4O2. The number of halogens is 3. The van der Waals surface area contributed by atoms with Gasteiger partial charge in [0.25, 0.3) is 6.43 Å². The average molecular weight is 351 g/mol. The van der Waals surface area contributed by atoms with Crippen molar-refractivity contribution >= 4 is 17.5 Å². The van der Waals surface area contributed by atoms with Gasteiger partial charge in [0.05, 0.1) is 23.9 Å². The summed E-state index contributed by atoms with van der Waals surface area (Å²) in [4.78, 5) is 14.3. The fourth-order valence-corrected chi connectivity index (χ4v) is 2.73. The number of carbonyl (C=O) groups is 1. The fourth-order valence-electron chi connectivity index (χ4n) is 2.51. The van der Waals surface area contributed by atoms with Gasteiger partial charge in [-0.3, -0.25) is 14.4 Å². The summed E-state index contributed by atoms with van der Waals surface area (Å²) >= 11 is 5.81. The van der Waals surface area contributed by atoms with Gasteiger partial charge in [-0.15, -0.1) is 0 Å². The van der Waals surface area contributed by atoms with Gasteiger partial charge < -0.3 is 10.1 Å². The molecule has 1 atom stereocenters. The van der Waals surface area contributed by atoms with Crippen molar-refractivity contribution in [3.8, 4) is 0 Å². The molecule has 1 fully saturated rings. The molecule has 0 saturated carbocycles. The van der Waals surface area contributed by atoms with Crippen LogP contribution >= 0.6 is 11.6 Å². The van der Waals surface area contributed by atoms with E-state index in [0.29, 0.717) is 18.9 Å². The first-order valence-electron chi connectivity index (χ1n) is 7.49. The summed E-state index contributed by atoms with van der Waals surface area (Å²) in [6.45, 7) is 7.12. The van der Waals surface area contributed by atoms with Crippen LogP contribution in [0.5, 0.6) is 0 Å². The highest BCUT2D eigenvalue weighted by molar-refractivity contribution is 6.31. The van der Waals surface area contributed by atoms with Crippen molar-refractivity contribution in [2.45, 2.75) is 32.9 Å². The summed E-state index contributed by atoms with van der Waals surface area (Å²) in [6, 6.07) is -0.0542. The first-order valence-corrected chi connectivity index (χ1v) is 7.86. The van der Waals surface area contributed by atoms with E-state index in [2.05, 4.69) is 15.3 Å². The number of morpholine rings is 1. The summed E-state index contributed by atoms with van der Waals surface area (Å²) < 4.78 is 32.0. The molecule has 1 saturated heterocycles. The molecule has 2 rings (SSSR count). The van der Waals surface area contributed by atoms with Crippen LogP contribution < -0.4 is 5.32 Å². The second-order valence-corrected chi connectivity index (χ2v) is 6.00. The van der Waals surface area contributed by atoms with Crippen LogP contribution in [0.2, 0.25) is 5.02 Å². The normalized spacial score (nSPS) is 17.5. The molecule has 6 nitrogen and oxygen atoms in total. The molecule has 1 N–H and O–H groups in total. The van der Waals surface area contributed by atoms with E-state index in [4.69, 9.17) is 16.3 Å². The highest BCUT2D eigenvalue weighted by Crippen LogP contribution is 2.28. The SMILES string of the molecule is Cc1c(Cl)c(C(F)F)nn1CC(=O)N[C@@H](C)CN1CCOCC1.